The Kier molecular flexibility index (Phi) is 4.09. The fourth-order valence-corrected chi connectivity index (χ4v) is 3.95. The normalized spacial score (nSPS) is 11.9. The highest BCUT2D eigenvalue weighted by atomic mass is 35.5. The van der Waals surface area contributed by atoms with Gasteiger partial charge in [0.2, 0.25) is 5.91 Å². The molecule has 0 aliphatic rings. The van der Waals surface area contributed by atoms with Gasteiger partial charge < -0.3 is 5.32 Å². The Hall–Kier alpha value is -1.16. The molecule has 19 heavy (non-hydrogen) atoms. The summed E-state index contributed by atoms with van der Waals surface area (Å²) in [5.74, 6) is -0.247. The van der Waals surface area contributed by atoms with E-state index in [1.807, 2.05) is 0 Å². The Morgan fingerprint density at radius 2 is 2.32 bits per heavy atom. The van der Waals surface area contributed by atoms with E-state index in [9.17, 15) is 13.2 Å². The number of amides is 1. The Balaban J connectivity index is 2.22. The third-order valence-corrected chi connectivity index (χ3v) is 4.97. The number of sulfonamides is 1. The van der Waals surface area contributed by atoms with Crippen LogP contribution < -0.4 is 10.0 Å². The summed E-state index contributed by atoms with van der Waals surface area (Å²) in [6.45, 7) is -0.00426. The molecule has 2 rings (SSSR count). The molecule has 7 nitrogen and oxygen atoms in total. The molecule has 0 aliphatic heterocycles. The summed E-state index contributed by atoms with van der Waals surface area (Å²) in [7, 11) is -2.32. The van der Waals surface area contributed by atoms with Crippen molar-refractivity contribution in [2.75, 3.05) is 13.6 Å². The van der Waals surface area contributed by atoms with Crippen molar-refractivity contribution in [1.29, 1.82) is 0 Å². The molecule has 0 saturated carbocycles. The highest BCUT2D eigenvalue weighted by Gasteiger charge is 2.24. The van der Waals surface area contributed by atoms with Gasteiger partial charge in [0.05, 0.1) is 0 Å². The van der Waals surface area contributed by atoms with E-state index in [0.717, 1.165) is 0 Å². The number of hydrogen-bond donors (Lipinski definition) is 2. The van der Waals surface area contributed by atoms with Crippen molar-refractivity contribution in [3.63, 3.8) is 0 Å². The number of rotatable bonds is 5. The Morgan fingerprint density at radius 3 is 3.00 bits per heavy atom. The zero-order valence-electron chi connectivity index (χ0n) is 9.88. The van der Waals surface area contributed by atoms with Crippen LogP contribution in [0.3, 0.4) is 0 Å². The quantitative estimate of drug-likeness (QED) is 0.836. The topological polar surface area (TPSA) is 92.6 Å². The number of nitrogens with one attached hydrogen (secondary N) is 2. The summed E-state index contributed by atoms with van der Waals surface area (Å²) < 4.78 is 27.9. The van der Waals surface area contributed by atoms with E-state index in [-0.39, 0.29) is 29.1 Å². The largest absolute Gasteiger partial charge is 0.359 e. The SMILES string of the molecule is CNC(=O)CCNS(=O)(=O)c1c(Cl)nc2sccn12. The van der Waals surface area contributed by atoms with E-state index in [1.54, 1.807) is 11.6 Å². The summed E-state index contributed by atoms with van der Waals surface area (Å²) in [6, 6.07) is 0. The number of imidazole rings is 1. The number of thiazole rings is 1. The van der Waals surface area contributed by atoms with Crippen LogP contribution in [-0.4, -0.2) is 37.3 Å². The lowest BCUT2D eigenvalue weighted by Gasteiger charge is -2.05. The number of aromatic nitrogens is 2. The van der Waals surface area contributed by atoms with Gasteiger partial charge in [0, 0.05) is 31.6 Å². The molecular weight excluding hydrogens is 312 g/mol. The predicted octanol–water partition coefficient (Wildman–Crippen LogP) is 0.464. The Bertz CT molecular complexity index is 706. The van der Waals surface area contributed by atoms with E-state index >= 15 is 0 Å². The van der Waals surface area contributed by atoms with Gasteiger partial charge >= 0.3 is 0 Å². The molecule has 0 unspecified atom stereocenters. The van der Waals surface area contributed by atoms with Crippen LogP contribution in [0.15, 0.2) is 16.6 Å². The molecule has 0 bridgehead atoms. The first kappa shape index (κ1) is 14.3. The van der Waals surface area contributed by atoms with Crippen LogP contribution in [0.25, 0.3) is 4.96 Å². The number of carbonyl (C=O) groups is 1. The Morgan fingerprint density at radius 1 is 1.58 bits per heavy atom. The maximum Gasteiger partial charge on any atom is 0.259 e. The molecule has 0 fully saturated rings. The summed E-state index contributed by atoms with van der Waals surface area (Å²) in [6.07, 6.45) is 1.63. The fraction of sp³-hybridized carbons (Fsp3) is 0.333. The van der Waals surface area contributed by atoms with Gasteiger partial charge in [0.15, 0.2) is 15.1 Å². The zero-order valence-corrected chi connectivity index (χ0v) is 12.3. The van der Waals surface area contributed by atoms with Crippen LogP contribution in [0.5, 0.6) is 0 Å². The lowest BCUT2D eigenvalue weighted by Crippen LogP contribution is -2.30. The summed E-state index contributed by atoms with van der Waals surface area (Å²) >= 11 is 7.12. The first-order valence-corrected chi connectivity index (χ1v) is 8.01. The highest BCUT2D eigenvalue weighted by Crippen LogP contribution is 2.24. The average Bonchev–Trinajstić information content (AvgIpc) is 2.87. The van der Waals surface area contributed by atoms with Gasteiger partial charge in [-0.25, -0.2) is 18.1 Å². The molecule has 2 N–H and O–H groups in total. The van der Waals surface area contributed by atoms with Crippen LogP contribution in [0.4, 0.5) is 0 Å². The molecule has 0 radical (unpaired) electrons. The molecule has 2 heterocycles. The number of halogens is 1. The maximum atomic E-state index is 12.1. The van der Waals surface area contributed by atoms with Crippen molar-refractivity contribution < 1.29 is 13.2 Å². The van der Waals surface area contributed by atoms with Gasteiger partial charge in [-0.2, -0.15) is 0 Å². The van der Waals surface area contributed by atoms with E-state index < -0.39 is 10.0 Å². The van der Waals surface area contributed by atoms with Gasteiger partial charge in [0.25, 0.3) is 10.0 Å². The van der Waals surface area contributed by atoms with Crippen molar-refractivity contribution in [2.24, 2.45) is 0 Å². The first-order valence-electron chi connectivity index (χ1n) is 5.27. The minimum atomic E-state index is -3.80. The van der Waals surface area contributed by atoms with Gasteiger partial charge in [-0.1, -0.05) is 11.6 Å². The second kappa shape index (κ2) is 5.45. The molecular formula is C9H11ClN4O3S2. The molecule has 0 spiro atoms. The third kappa shape index (κ3) is 2.89. The van der Waals surface area contributed by atoms with Crippen molar-refractivity contribution in [3.8, 4) is 0 Å². The monoisotopic (exact) mass is 322 g/mol. The van der Waals surface area contributed by atoms with Crippen LogP contribution in [0.1, 0.15) is 6.42 Å². The van der Waals surface area contributed by atoms with Crippen LogP contribution in [0.2, 0.25) is 5.15 Å². The highest BCUT2D eigenvalue weighted by molar-refractivity contribution is 7.89. The minimum Gasteiger partial charge on any atom is -0.359 e. The van der Waals surface area contributed by atoms with Crippen molar-refractivity contribution in [3.05, 3.63) is 16.7 Å². The van der Waals surface area contributed by atoms with Crippen LogP contribution in [0, 0.1) is 0 Å². The third-order valence-electron chi connectivity index (χ3n) is 2.36. The maximum absolute atomic E-state index is 12.1. The molecule has 0 saturated heterocycles. The van der Waals surface area contributed by atoms with Crippen molar-refractivity contribution in [2.45, 2.75) is 11.4 Å². The number of carbonyl (C=O) groups excluding carboxylic acids is 1. The second-order valence-corrected chi connectivity index (χ2v) is 6.50. The van der Waals surface area contributed by atoms with E-state index in [4.69, 9.17) is 11.6 Å². The van der Waals surface area contributed by atoms with E-state index in [0.29, 0.717) is 4.96 Å². The molecule has 0 aliphatic carbocycles. The predicted molar refractivity (Wildman–Crippen MR) is 72.0 cm³/mol. The number of fused-ring (bicyclic) bond motifs is 1. The molecule has 10 heteroatoms. The van der Waals surface area contributed by atoms with Gasteiger partial charge in [-0.3, -0.25) is 9.20 Å². The smallest absolute Gasteiger partial charge is 0.259 e. The fourth-order valence-electron chi connectivity index (χ4n) is 1.47. The van der Waals surface area contributed by atoms with Gasteiger partial charge in [-0.15, -0.1) is 11.3 Å². The van der Waals surface area contributed by atoms with E-state index in [2.05, 4.69) is 15.0 Å². The lowest BCUT2D eigenvalue weighted by atomic mass is 10.4. The van der Waals surface area contributed by atoms with Crippen molar-refractivity contribution >= 4 is 43.8 Å². The average molecular weight is 323 g/mol. The molecule has 0 aromatic carbocycles. The summed E-state index contributed by atoms with van der Waals surface area (Å²) in [5.41, 5.74) is 0. The summed E-state index contributed by atoms with van der Waals surface area (Å²) in [5, 5.41) is 3.92. The Labute approximate surface area is 118 Å². The number of nitrogens with zero attached hydrogens (tertiary/aromatic N) is 2. The van der Waals surface area contributed by atoms with Crippen molar-refractivity contribution in [1.82, 2.24) is 19.4 Å². The molecule has 104 valence electrons. The van der Waals surface area contributed by atoms with E-state index in [1.165, 1.54) is 22.8 Å². The second-order valence-electron chi connectivity index (χ2n) is 3.58. The molecule has 2 aromatic rings. The lowest BCUT2D eigenvalue weighted by molar-refractivity contribution is -0.120. The zero-order chi connectivity index (χ0) is 14.0. The molecule has 0 atom stereocenters. The number of hydrogen-bond acceptors (Lipinski definition) is 5. The standard InChI is InChI=1S/C9H11ClN4O3S2/c1-11-6(15)2-3-12-19(16,17)8-7(10)13-9-14(8)4-5-18-9/h4-5,12H,2-3H2,1H3,(H,11,15). The van der Waals surface area contributed by atoms with Crippen LogP contribution >= 0.6 is 22.9 Å². The van der Waals surface area contributed by atoms with Crippen LogP contribution in [-0.2, 0) is 14.8 Å². The molecule has 2 aromatic heterocycles. The first-order chi connectivity index (χ1) is 8.95. The molecule has 1 amide bonds. The minimum absolute atomic E-state index is 0.00426. The summed E-state index contributed by atoms with van der Waals surface area (Å²) in [4.78, 5) is 15.5. The van der Waals surface area contributed by atoms with Gasteiger partial charge in [-0.05, 0) is 0 Å². The van der Waals surface area contributed by atoms with Gasteiger partial charge in [0.1, 0.15) is 0 Å².